The minimum atomic E-state index is -4.10. The standard InChI is InChI=1S/C5H11O4P/c1-5(2,6)3-4-10(7,8)9/h3-4,6H,1-2H3,(H2,7,8,9)/b4-3+. The molecule has 4 nitrogen and oxygen atoms in total. The third-order valence-electron chi connectivity index (χ3n) is 0.677. The van der Waals surface area contributed by atoms with E-state index in [4.69, 9.17) is 14.9 Å². The van der Waals surface area contributed by atoms with Crippen LogP contribution in [-0.2, 0) is 4.57 Å². The molecule has 0 aromatic heterocycles. The SMILES string of the molecule is CC(C)(O)/C=C/P(=O)(O)O. The molecule has 0 spiro atoms. The van der Waals surface area contributed by atoms with Gasteiger partial charge in [-0.2, -0.15) is 0 Å². The van der Waals surface area contributed by atoms with Crippen molar-refractivity contribution in [1.82, 2.24) is 0 Å². The van der Waals surface area contributed by atoms with Crippen LogP contribution in [0, 0.1) is 0 Å². The first-order valence-electron chi connectivity index (χ1n) is 2.69. The number of rotatable bonds is 2. The van der Waals surface area contributed by atoms with Gasteiger partial charge in [-0.15, -0.1) is 0 Å². The minimum Gasteiger partial charge on any atom is -0.386 e. The Labute approximate surface area is 59.4 Å². The normalized spacial score (nSPS) is 14.5. The van der Waals surface area contributed by atoms with Crippen molar-refractivity contribution >= 4 is 7.60 Å². The highest BCUT2D eigenvalue weighted by Crippen LogP contribution is 2.36. The molecule has 0 heterocycles. The summed E-state index contributed by atoms with van der Waals surface area (Å²) >= 11 is 0. The van der Waals surface area contributed by atoms with E-state index >= 15 is 0 Å². The number of hydrogen-bond donors (Lipinski definition) is 3. The first kappa shape index (κ1) is 9.85. The van der Waals surface area contributed by atoms with Gasteiger partial charge >= 0.3 is 7.60 Å². The second-order valence-electron chi connectivity index (χ2n) is 2.56. The van der Waals surface area contributed by atoms with Crippen LogP contribution in [0.1, 0.15) is 13.8 Å². The van der Waals surface area contributed by atoms with Gasteiger partial charge in [-0.1, -0.05) is 0 Å². The Morgan fingerprint density at radius 3 is 1.90 bits per heavy atom. The fourth-order valence-corrected chi connectivity index (χ4v) is 0.839. The summed E-state index contributed by atoms with van der Waals surface area (Å²) in [5.74, 6) is 0.688. The third kappa shape index (κ3) is 7.85. The Bertz CT molecular complexity index is 173. The van der Waals surface area contributed by atoms with E-state index in [1.54, 1.807) is 0 Å². The van der Waals surface area contributed by atoms with Crippen LogP contribution in [0.2, 0.25) is 0 Å². The predicted octanol–water partition coefficient (Wildman–Crippen LogP) is 0.449. The van der Waals surface area contributed by atoms with Crippen molar-refractivity contribution < 1.29 is 19.5 Å². The fraction of sp³-hybridized carbons (Fsp3) is 0.600. The van der Waals surface area contributed by atoms with Gasteiger partial charge in [0.15, 0.2) is 0 Å². The molecule has 0 aliphatic rings. The summed E-state index contributed by atoms with van der Waals surface area (Å²) in [6.45, 7) is 2.86. The van der Waals surface area contributed by atoms with Gasteiger partial charge < -0.3 is 14.9 Å². The van der Waals surface area contributed by atoms with Crippen molar-refractivity contribution in [2.24, 2.45) is 0 Å². The molecule has 0 radical (unpaired) electrons. The Hall–Kier alpha value is -0.150. The Morgan fingerprint density at radius 2 is 1.80 bits per heavy atom. The summed E-state index contributed by atoms with van der Waals surface area (Å²) in [7, 11) is -4.10. The lowest BCUT2D eigenvalue weighted by Crippen LogP contribution is -2.13. The lowest BCUT2D eigenvalue weighted by Gasteiger charge is -2.09. The van der Waals surface area contributed by atoms with Crippen LogP contribution in [0.5, 0.6) is 0 Å². The van der Waals surface area contributed by atoms with Crippen molar-refractivity contribution in [2.45, 2.75) is 19.4 Å². The fourth-order valence-electron chi connectivity index (χ4n) is 0.280. The van der Waals surface area contributed by atoms with Crippen LogP contribution in [0.4, 0.5) is 0 Å². The van der Waals surface area contributed by atoms with Crippen molar-refractivity contribution in [3.8, 4) is 0 Å². The van der Waals surface area contributed by atoms with E-state index in [0.717, 1.165) is 6.08 Å². The maximum absolute atomic E-state index is 10.2. The maximum atomic E-state index is 10.2. The van der Waals surface area contributed by atoms with Crippen molar-refractivity contribution in [1.29, 1.82) is 0 Å². The van der Waals surface area contributed by atoms with E-state index in [1.165, 1.54) is 13.8 Å². The first-order valence-corrected chi connectivity index (χ1v) is 4.37. The van der Waals surface area contributed by atoms with Crippen molar-refractivity contribution in [3.63, 3.8) is 0 Å². The molecule has 0 aliphatic carbocycles. The molecule has 10 heavy (non-hydrogen) atoms. The van der Waals surface area contributed by atoms with Crippen LogP contribution in [-0.4, -0.2) is 20.5 Å². The van der Waals surface area contributed by atoms with E-state index in [-0.39, 0.29) is 0 Å². The Balaban J connectivity index is 4.16. The molecule has 0 rings (SSSR count). The second kappa shape index (κ2) is 2.84. The smallest absolute Gasteiger partial charge is 0.348 e. The molecule has 3 N–H and O–H groups in total. The van der Waals surface area contributed by atoms with Gasteiger partial charge in [-0.3, -0.25) is 4.57 Å². The lowest BCUT2D eigenvalue weighted by atomic mass is 10.1. The van der Waals surface area contributed by atoms with E-state index in [1.807, 2.05) is 0 Å². The van der Waals surface area contributed by atoms with Crippen molar-refractivity contribution in [2.75, 3.05) is 0 Å². The summed E-state index contributed by atoms with van der Waals surface area (Å²) in [4.78, 5) is 16.6. The highest BCUT2D eigenvalue weighted by Gasteiger charge is 2.11. The van der Waals surface area contributed by atoms with Gasteiger partial charge in [0.1, 0.15) is 0 Å². The van der Waals surface area contributed by atoms with E-state index < -0.39 is 13.2 Å². The van der Waals surface area contributed by atoms with Crippen LogP contribution in [0.25, 0.3) is 0 Å². The van der Waals surface area contributed by atoms with E-state index in [2.05, 4.69) is 0 Å². The lowest BCUT2D eigenvalue weighted by molar-refractivity contribution is 0.133. The first-order chi connectivity index (χ1) is 4.21. The van der Waals surface area contributed by atoms with E-state index in [0.29, 0.717) is 5.82 Å². The molecule has 60 valence electrons. The zero-order chi connectivity index (χ0) is 8.41. The molecule has 0 aromatic rings. The summed E-state index contributed by atoms with van der Waals surface area (Å²) in [6.07, 6.45) is 1.06. The molecule has 0 saturated heterocycles. The van der Waals surface area contributed by atoms with Gasteiger partial charge in [0, 0.05) is 5.82 Å². The average Bonchev–Trinajstić information content (AvgIpc) is 1.57. The highest BCUT2D eigenvalue weighted by atomic mass is 31.2. The molecule has 0 bridgehead atoms. The predicted molar refractivity (Wildman–Crippen MR) is 37.5 cm³/mol. The molecular weight excluding hydrogens is 155 g/mol. The van der Waals surface area contributed by atoms with Gasteiger partial charge in [0.2, 0.25) is 0 Å². The maximum Gasteiger partial charge on any atom is 0.348 e. The molecular formula is C5H11O4P. The minimum absolute atomic E-state index is 0.688. The second-order valence-corrected chi connectivity index (χ2v) is 4.03. The zero-order valence-electron chi connectivity index (χ0n) is 5.85. The molecule has 0 saturated carbocycles. The van der Waals surface area contributed by atoms with Crippen LogP contribution in [0.15, 0.2) is 11.9 Å². The van der Waals surface area contributed by atoms with Gasteiger partial charge in [0.25, 0.3) is 0 Å². The molecule has 0 aliphatic heterocycles. The molecule has 0 amide bonds. The van der Waals surface area contributed by atoms with Gasteiger partial charge in [0.05, 0.1) is 5.60 Å². The molecule has 0 atom stereocenters. The summed E-state index contributed by atoms with van der Waals surface area (Å²) in [6, 6.07) is 0. The largest absolute Gasteiger partial charge is 0.386 e. The van der Waals surface area contributed by atoms with Crippen LogP contribution in [0.3, 0.4) is 0 Å². The zero-order valence-corrected chi connectivity index (χ0v) is 6.75. The van der Waals surface area contributed by atoms with E-state index in [9.17, 15) is 4.57 Å². The Kier molecular flexibility index (Phi) is 2.80. The number of aliphatic hydroxyl groups is 1. The van der Waals surface area contributed by atoms with Crippen LogP contribution >= 0.6 is 7.60 Å². The molecule has 0 fully saturated rings. The summed E-state index contributed by atoms with van der Waals surface area (Å²) < 4.78 is 10.2. The molecule has 0 aromatic carbocycles. The van der Waals surface area contributed by atoms with Gasteiger partial charge in [-0.05, 0) is 19.9 Å². The average molecular weight is 166 g/mol. The monoisotopic (exact) mass is 166 g/mol. The van der Waals surface area contributed by atoms with Crippen molar-refractivity contribution in [3.05, 3.63) is 11.9 Å². The molecule has 0 unspecified atom stereocenters. The Morgan fingerprint density at radius 1 is 1.40 bits per heavy atom. The highest BCUT2D eigenvalue weighted by molar-refractivity contribution is 7.55. The third-order valence-corrected chi connectivity index (χ3v) is 1.21. The van der Waals surface area contributed by atoms with Gasteiger partial charge in [-0.25, -0.2) is 0 Å². The number of hydrogen-bond acceptors (Lipinski definition) is 2. The topological polar surface area (TPSA) is 77.8 Å². The summed E-state index contributed by atoms with van der Waals surface area (Å²) in [5, 5.41) is 8.95. The molecule has 5 heteroatoms. The van der Waals surface area contributed by atoms with Crippen LogP contribution < -0.4 is 0 Å². The summed E-state index contributed by atoms with van der Waals surface area (Å²) in [5.41, 5.74) is -1.17. The quantitative estimate of drug-likeness (QED) is 0.520.